The van der Waals surface area contributed by atoms with Crippen LogP contribution in [0.4, 0.5) is 5.82 Å². The molecule has 0 saturated heterocycles. The fourth-order valence-corrected chi connectivity index (χ4v) is 3.07. The van der Waals surface area contributed by atoms with Gasteiger partial charge in [0.15, 0.2) is 0 Å². The number of nitrogens with two attached hydrogens (primary N) is 1. The van der Waals surface area contributed by atoms with Gasteiger partial charge in [-0.3, -0.25) is 9.13 Å². The number of aromatic nitrogens is 2. The molecule has 3 N–H and O–H groups in total. The normalized spacial score (nSPS) is 13.2. The smallest absolute Gasteiger partial charge is 0.356 e. The molecule has 22 heavy (non-hydrogen) atoms. The standard InChI is InChI=1S/C12H22N3O6P/c1-3-20-22(18,21-4-2)9-19-10(8-16)7-15-6-5-11(13)14-12(15)17/h5-6,10,16H,3-4,7-9H2,1-2H3,(H2,13,14,17)/t10-/m0/s1. The van der Waals surface area contributed by atoms with E-state index >= 15 is 0 Å². The summed E-state index contributed by atoms with van der Waals surface area (Å²) in [5.74, 6) is 0.111. The van der Waals surface area contributed by atoms with E-state index in [9.17, 15) is 14.5 Å². The van der Waals surface area contributed by atoms with Gasteiger partial charge in [0.05, 0.1) is 32.5 Å². The van der Waals surface area contributed by atoms with Crippen LogP contribution in [-0.2, 0) is 24.9 Å². The first-order valence-electron chi connectivity index (χ1n) is 6.87. The van der Waals surface area contributed by atoms with E-state index < -0.39 is 19.4 Å². The van der Waals surface area contributed by atoms with Crippen LogP contribution in [0.3, 0.4) is 0 Å². The molecular weight excluding hydrogens is 313 g/mol. The molecule has 0 unspecified atom stereocenters. The Morgan fingerprint density at radius 1 is 1.41 bits per heavy atom. The SMILES string of the molecule is CCOP(=O)(CO[C@H](CO)Cn1ccc(N)nc1=O)OCC. The van der Waals surface area contributed by atoms with Crippen LogP contribution in [0, 0.1) is 0 Å². The summed E-state index contributed by atoms with van der Waals surface area (Å²) in [6, 6.07) is 1.46. The van der Waals surface area contributed by atoms with Gasteiger partial charge in [0.25, 0.3) is 0 Å². The Morgan fingerprint density at radius 3 is 2.55 bits per heavy atom. The number of ether oxygens (including phenoxy) is 1. The van der Waals surface area contributed by atoms with Gasteiger partial charge in [-0.25, -0.2) is 4.79 Å². The Kier molecular flexibility index (Phi) is 7.70. The third-order valence-corrected chi connectivity index (χ3v) is 4.39. The van der Waals surface area contributed by atoms with Crippen molar-refractivity contribution in [1.29, 1.82) is 0 Å². The van der Waals surface area contributed by atoms with E-state index in [0.717, 1.165) is 0 Å². The van der Waals surface area contributed by atoms with Gasteiger partial charge >= 0.3 is 13.3 Å². The number of nitrogen functional groups attached to an aromatic ring is 1. The van der Waals surface area contributed by atoms with Crippen molar-refractivity contribution in [3.05, 3.63) is 22.7 Å². The minimum absolute atomic E-state index is 0.0425. The average Bonchev–Trinajstić information content (AvgIpc) is 2.46. The summed E-state index contributed by atoms with van der Waals surface area (Å²) in [5.41, 5.74) is 4.84. The highest BCUT2D eigenvalue weighted by Crippen LogP contribution is 2.48. The number of aliphatic hydroxyl groups is 1. The van der Waals surface area contributed by atoms with Crippen LogP contribution in [0.1, 0.15) is 13.8 Å². The lowest BCUT2D eigenvalue weighted by molar-refractivity contribution is 0.0148. The minimum atomic E-state index is -3.37. The lowest BCUT2D eigenvalue weighted by Gasteiger charge is -2.21. The molecule has 0 amide bonds. The van der Waals surface area contributed by atoms with Crippen LogP contribution in [0.15, 0.2) is 17.1 Å². The van der Waals surface area contributed by atoms with E-state index in [1.165, 1.54) is 16.8 Å². The molecular formula is C12H22N3O6P. The fourth-order valence-electron chi connectivity index (χ4n) is 1.67. The monoisotopic (exact) mass is 335 g/mol. The van der Waals surface area contributed by atoms with Crippen molar-refractivity contribution in [2.75, 3.05) is 31.9 Å². The molecule has 0 aliphatic carbocycles. The average molecular weight is 335 g/mol. The molecule has 0 bridgehead atoms. The zero-order valence-electron chi connectivity index (χ0n) is 12.7. The number of rotatable bonds is 10. The zero-order chi connectivity index (χ0) is 16.6. The van der Waals surface area contributed by atoms with Crippen LogP contribution in [-0.4, -0.2) is 46.9 Å². The van der Waals surface area contributed by atoms with Gasteiger partial charge in [-0.1, -0.05) is 0 Å². The van der Waals surface area contributed by atoms with Crippen LogP contribution >= 0.6 is 7.60 Å². The van der Waals surface area contributed by atoms with Crippen LogP contribution in [0.25, 0.3) is 0 Å². The van der Waals surface area contributed by atoms with Crippen molar-refractivity contribution >= 4 is 13.4 Å². The second-order valence-corrected chi connectivity index (χ2v) is 6.33. The molecule has 1 aromatic heterocycles. The highest BCUT2D eigenvalue weighted by atomic mass is 31.2. The van der Waals surface area contributed by atoms with E-state index in [2.05, 4.69) is 4.98 Å². The number of hydrogen-bond acceptors (Lipinski definition) is 8. The van der Waals surface area contributed by atoms with Gasteiger partial charge in [-0.15, -0.1) is 0 Å². The Labute approximate surface area is 128 Å². The third kappa shape index (κ3) is 5.86. The van der Waals surface area contributed by atoms with Crippen molar-refractivity contribution < 1.29 is 23.5 Å². The van der Waals surface area contributed by atoms with Crippen molar-refractivity contribution in [3.63, 3.8) is 0 Å². The Hall–Kier alpha value is -1.25. The first-order valence-corrected chi connectivity index (χ1v) is 8.60. The molecule has 0 aliphatic heterocycles. The Morgan fingerprint density at radius 2 is 2.05 bits per heavy atom. The highest BCUT2D eigenvalue weighted by molar-refractivity contribution is 7.53. The molecule has 9 nitrogen and oxygen atoms in total. The second kappa shape index (κ2) is 9.02. The van der Waals surface area contributed by atoms with Crippen molar-refractivity contribution in [3.8, 4) is 0 Å². The summed E-state index contributed by atoms with van der Waals surface area (Å²) in [7, 11) is -3.37. The topological polar surface area (TPSA) is 126 Å². The molecule has 0 aliphatic rings. The maximum Gasteiger partial charge on any atom is 0.356 e. The molecule has 0 saturated carbocycles. The number of anilines is 1. The van der Waals surface area contributed by atoms with E-state index in [1.807, 2.05) is 0 Å². The molecule has 10 heteroatoms. The van der Waals surface area contributed by atoms with Gasteiger partial charge in [0, 0.05) is 6.20 Å². The lowest BCUT2D eigenvalue weighted by atomic mass is 10.3. The quantitative estimate of drug-likeness (QED) is 0.589. The molecule has 0 fully saturated rings. The first-order chi connectivity index (χ1) is 10.4. The lowest BCUT2D eigenvalue weighted by Crippen LogP contribution is -2.32. The summed E-state index contributed by atoms with van der Waals surface area (Å²) >= 11 is 0. The molecule has 1 heterocycles. The maximum absolute atomic E-state index is 12.2. The summed E-state index contributed by atoms with van der Waals surface area (Å²) in [6.07, 6.45) is 0.385. The second-order valence-electron chi connectivity index (χ2n) is 4.33. The van der Waals surface area contributed by atoms with Crippen molar-refractivity contribution in [2.45, 2.75) is 26.5 Å². The molecule has 0 aromatic carbocycles. The largest absolute Gasteiger partial charge is 0.394 e. The highest BCUT2D eigenvalue weighted by Gasteiger charge is 2.26. The number of nitrogens with zero attached hydrogens (tertiary/aromatic N) is 2. The predicted molar refractivity (Wildman–Crippen MR) is 80.6 cm³/mol. The van der Waals surface area contributed by atoms with Crippen LogP contribution < -0.4 is 11.4 Å². The number of hydrogen-bond donors (Lipinski definition) is 2. The minimum Gasteiger partial charge on any atom is -0.394 e. The van der Waals surface area contributed by atoms with E-state index in [0.29, 0.717) is 0 Å². The number of aliphatic hydroxyl groups excluding tert-OH is 1. The molecule has 1 rings (SSSR count). The molecule has 126 valence electrons. The third-order valence-electron chi connectivity index (χ3n) is 2.62. The molecule has 0 radical (unpaired) electrons. The van der Waals surface area contributed by atoms with E-state index in [1.54, 1.807) is 13.8 Å². The first kappa shape index (κ1) is 18.8. The fraction of sp³-hybridized carbons (Fsp3) is 0.667. The van der Waals surface area contributed by atoms with Gasteiger partial charge in [-0.2, -0.15) is 4.98 Å². The van der Waals surface area contributed by atoms with Crippen LogP contribution in [0.5, 0.6) is 0 Å². The Balaban J connectivity index is 2.68. The Bertz CT molecular complexity index is 554. The van der Waals surface area contributed by atoms with Gasteiger partial charge in [0.1, 0.15) is 12.2 Å². The predicted octanol–water partition coefficient (Wildman–Crippen LogP) is 0.427. The summed E-state index contributed by atoms with van der Waals surface area (Å²) in [5, 5.41) is 9.33. The van der Waals surface area contributed by atoms with Crippen LogP contribution in [0.2, 0.25) is 0 Å². The van der Waals surface area contributed by atoms with Crippen molar-refractivity contribution in [1.82, 2.24) is 9.55 Å². The molecule has 1 atom stereocenters. The van der Waals surface area contributed by atoms with Crippen molar-refractivity contribution in [2.24, 2.45) is 0 Å². The van der Waals surface area contributed by atoms with E-state index in [-0.39, 0.29) is 38.5 Å². The molecule has 1 aromatic rings. The summed E-state index contributed by atoms with van der Waals surface area (Å²) in [4.78, 5) is 15.2. The van der Waals surface area contributed by atoms with E-state index in [4.69, 9.17) is 19.5 Å². The van der Waals surface area contributed by atoms with Gasteiger partial charge in [-0.05, 0) is 19.9 Å². The summed E-state index contributed by atoms with van der Waals surface area (Å²) < 4.78 is 29.0. The van der Waals surface area contributed by atoms with Gasteiger partial charge in [0.2, 0.25) is 0 Å². The summed E-state index contributed by atoms with van der Waals surface area (Å²) in [6.45, 7) is 3.48. The molecule has 0 spiro atoms. The van der Waals surface area contributed by atoms with Gasteiger partial charge < -0.3 is 24.6 Å². The maximum atomic E-state index is 12.2. The zero-order valence-corrected chi connectivity index (χ0v) is 13.6.